The van der Waals surface area contributed by atoms with Gasteiger partial charge in [0.15, 0.2) is 11.3 Å². The fourth-order valence-corrected chi connectivity index (χ4v) is 1.63. The molecule has 0 aromatic carbocycles. The fraction of sp³-hybridized carbons (Fsp3) is 0.167. The van der Waals surface area contributed by atoms with Gasteiger partial charge in [-0.25, -0.2) is 0 Å². The third-order valence-corrected chi connectivity index (χ3v) is 2.45. The van der Waals surface area contributed by atoms with E-state index in [4.69, 9.17) is 11.0 Å². The summed E-state index contributed by atoms with van der Waals surface area (Å²) < 4.78 is 0. The van der Waals surface area contributed by atoms with Gasteiger partial charge in [0.2, 0.25) is 0 Å². The number of nitrogens with two attached hydrogens (primary N) is 1. The molecule has 1 aromatic heterocycles. The van der Waals surface area contributed by atoms with Crippen LogP contribution in [0.3, 0.4) is 0 Å². The molecule has 0 aliphatic carbocycles. The van der Waals surface area contributed by atoms with E-state index >= 15 is 0 Å². The molecule has 1 unspecified atom stereocenters. The predicted molar refractivity (Wildman–Crippen MR) is 37.8 cm³/mol. The summed E-state index contributed by atoms with van der Waals surface area (Å²) in [6, 6.07) is 3.87. The summed E-state index contributed by atoms with van der Waals surface area (Å²) in [4.78, 5) is 0. The molecule has 46 valence electrons. The largest absolute Gasteiger partial charge is 0.285 e. The monoisotopic (exact) mass is 139 g/mol. The van der Waals surface area contributed by atoms with E-state index in [1.807, 2.05) is 16.8 Å². The Hall–Kier alpha value is -0.850. The summed E-state index contributed by atoms with van der Waals surface area (Å²) in [5.74, 6) is 0.627. The molecule has 0 saturated heterocycles. The molecule has 1 atom stereocenters. The summed E-state index contributed by atoms with van der Waals surface area (Å²) in [5, 5.41) is 12.2. The van der Waals surface area contributed by atoms with Crippen molar-refractivity contribution in [1.82, 2.24) is 0 Å². The van der Waals surface area contributed by atoms with Gasteiger partial charge in [-0.05, 0) is 10.5 Å². The zero-order chi connectivity index (χ0) is 6.69. The van der Waals surface area contributed by atoms with Crippen molar-refractivity contribution >= 4 is 10.5 Å². The molecule has 0 aliphatic heterocycles. The number of rotatable bonds is 1. The fourth-order valence-electron chi connectivity index (χ4n) is 0.570. The summed E-state index contributed by atoms with van der Waals surface area (Å²) >= 11 is 0. The lowest BCUT2D eigenvalue weighted by atomic mass is 10.4. The first-order valence-electron chi connectivity index (χ1n) is 2.55. The first-order valence-corrected chi connectivity index (χ1v) is 4.07. The summed E-state index contributed by atoms with van der Waals surface area (Å²) in [6.45, 7) is 0. The Balaban J connectivity index is 2.90. The van der Waals surface area contributed by atoms with Gasteiger partial charge in [-0.1, -0.05) is 0 Å². The van der Waals surface area contributed by atoms with Crippen LogP contribution in [0.15, 0.2) is 16.8 Å². The summed E-state index contributed by atoms with van der Waals surface area (Å²) in [5.41, 5.74) is 6.10. The zero-order valence-electron chi connectivity index (χ0n) is 4.87. The Kier molecular flexibility index (Phi) is 1.83. The number of nitriles is 1. The molecule has 0 fully saturated rings. The van der Waals surface area contributed by atoms with Crippen molar-refractivity contribution in [2.24, 2.45) is 5.73 Å². The molecule has 2 N–H and O–H groups in total. The summed E-state index contributed by atoms with van der Waals surface area (Å²) in [6.07, 6.45) is 0. The van der Waals surface area contributed by atoms with Crippen LogP contribution in [-0.2, 0) is 5.88 Å². The van der Waals surface area contributed by atoms with E-state index in [9.17, 15) is 0 Å². The van der Waals surface area contributed by atoms with E-state index in [1.54, 1.807) is 0 Å². The molecule has 2 nitrogen and oxygen atoms in total. The average Bonchev–Trinajstić information content (AvgIpc) is 2.34. The minimum atomic E-state index is 0.0485. The van der Waals surface area contributed by atoms with Gasteiger partial charge in [0.05, 0.1) is 0 Å². The van der Waals surface area contributed by atoms with Gasteiger partial charge >= 0.3 is 0 Å². The zero-order valence-corrected chi connectivity index (χ0v) is 5.69. The minimum absolute atomic E-state index is 0.0485. The highest BCUT2D eigenvalue weighted by atomic mass is 32.2. The van der Waals surface area contributed by atoms with Gasteiger partial charge in [-0.15, -0.1) is 0 Å². The summed E-state index contributed by atoms with van der Waals surface area (Å²) in [7, 11) is 0.0485. The van der Waals surface area contributed by atoms with Crippen LogP contribution in [0, 0.1) is 11.3 Å². The Labute approximate surface area is 56.5 Å². The Bertz CT molecular complexity index is 233. The number of thiophene rings is 1. The van der Waals surface area contributed by atoms with Crippen LogP contribution in [0.5, 0.6) is 0 Å². The lowest BCUT2D eigenvalue weighted by Crippen LogP contribution is -1.85. The highest BCUT2D eigenvalue weighted by Crippen LogP contribution is 2.18. The van der Waals surface area contributed by atoms with Crippen LogP contribution in [-0.4, -0.2) is 0 Å². The molecule has 0 saturated carbocycles. The smallest absolute Gasteiger partial charge is 0.177 e. The highest BCUT2D eigenvalue weighted by molar-refractivity contribution is 7.27. The molecule has 1 rings (SSSR count). The van der Waals surface area contributed by atoms with Crippen molar-refractivity contribution in [3.8, 4) is 6.07 Å². The molecule has 0 spiro atoms. The Morgan fingerprint density at radius 3 is 2.89 bits per heavy atom. The maximum absolute atomic E-state index is 8.37. The topological polar surface area (TPSA) is 49.8 Å². The number of hydrogen-bond acceptors (Lipinski definition) is 2. The molecule has 9 heavy (non-hydrogen) atoms. The first-order chi connectivity index (χ1) is 4.36. The molecule has 0 aliphatic rings. The van der Waals surface area contributed by atoms with Crippen LogP contribution in [0.4, 0.5) is 0 Å². The van der Waals surface area contributed by atoms with Crippen molar-refractivity contribution < 1.29 is 0 Å². The van der Waals surface area contributed by atoms with E-state index in [1.165, 1.54) is 0 Å². The van der Waals surface area contributed by atoms with Gasteiger partial charge in [0.25, 0.3) is 0 Å². The second-order valence-corrected chi connectivity index (χ2v) is 3.40. The maximum Gasteiger partial charge on any atom is 0.177 e. The van der Waals surface area contributed by atoms with E-state index in [0.717, 1.165) is 5.56 Å². The minimum Gasteiger partial charge on any atom is -0.285 e. The highest BCUT2D eigenvalue weighted by Gasteiger charge is 2.02. The predicted octanol–water partition coefficient (Wildman–Crippen LogP) is 1.22. The van der Waals surface area contributed by atoms with Gasteiger partial charge in [-0.3, -0.25) is 5.73 Å². The molecule has 0 radical (unpaired) electrons. The lowest BCUT2D eigenvalue weighted by Gasteiger charge is -1.71. The second-order valence-electron chi connectivity index (χ2n) is 1.62. The third-order valence-electron chi connectivity index (χ3n) is 1.02. The van der Waals surface area contributed by atoms with Crippen molar-refractivity contribution in [1.29, 1.82) is 5.26 Å². The lowest BCUT2D eigenvalue weighted by molar-refractivity contribution is 1.27. The number of hydrogen-bond donors (Lipinski definition) is 1. The van der Waals surface area contributed by atoms with Crippen LogP contribution < -0.4 is 5.73 Å². The van der Waals surface area contributed by atoms with Gasteiger partial charge < -0.3 is 0 Å². The Morgan fingerprint density at radius 2 is 2.56 bits per heavy atom. The standard InChI is InChI=1S/C6H7N2S/c7-3-6-1-2-9(4-6)5-8/h1-2,4H,5,8H2/q+1. The second kappa shape index (κ2) is 2.62. The molecular weight excluding hydrogens is 132 g/mol. The number of nitrogens with zero attached hydrogens (tertiary/aromatic N) is 1. The third kappa shape index (κ3) is 1.28. The van der Waals surface area contributed by atoms with Crippen molar-refractivity contribution in [2.75, 3.05) is 0 Å². The maximum atomic E-state index is 8.37. The van der Waals surface area contributed by atoms with Gasteiger partial charge in [0, 0.05) is 6.07 Å². The SMILES string of the molecule is N#Cc1cc[s+](CN)c1. The first kappa shape index (κ1) is 6.27. The van der Waals surface area contributed by atoms with Crippen molar-refractivity contribution in [3.63, 3.8) is 0 Å². The molecule has 3 heteroatoms. The van der Waals surface area contributed by atoms with Crippen LogP contribution in [0.2, 0.25) is 0 Å². The molecule has 1 aromatic rings. The molecule has 0 amide bonds. The average molecular weight is 139 g/mol. The van der Waals surface area contributed by atoms with Crippen LogP contribution in [0.1, 0.15) is 5.56 Å². The van der Waals surface area contributed by atoms with E-state index in [-0.39, 0.29) is 10.5 Å². The van der Waals surface area contributed by atoms with Crippen LogP contribution in [0.25, 0.3) is 0 Å². The van der Waals surface area contributed by atoms with Crippen molar-refractivity contribution in [2.45, 2.75) is 5.88 Å². The molecule has 1 heterocycles. The van der Waals surface area contributed by atoms with Gasteiger partial charge in [0.1, 0.15) is 17.0 Å². The Morgan fingerprint density at radius 1 is 1.78 bits per heavy atom. The van der Waals surface area contributed by atoms with Crippen molar-refractivity contribution in [3.05, 3.63) is 22.4 Å². The molecular formula is C6H7N2S+. The van der Waals surface area contributed by atoms with Crippen LogP contribution >= 0.6 is 10.5 Å². The quantitative estimate of drug-likeness (QED) is 0.595. The van der Waals surface area contributed by atoms with E-state index in [0.29, 0.717) is 5.88 Å². The van der Waals surface area contributed by atoms with E-state index < -0.39 is 0 Å². The van der Waals surface area contributed by atoms with Gasteiger partial charge in [-0.2, -0.15) is 5.26 Å². The normalized spacial score (nSPS) is 10.9. The van der Waals surface area contributed by atoms with E-state index in [2.05, 4.69) is 6.07 Å². The molecule has 0 bridgehead atoms.